The molecule has 1 heterocycles. The Morgan fingerprint density at radius 1 is 0.896 bits per heavy atom. The maximum Gasteiger partial charge on any atom is 0.255 e. The fourth-order valence-electron chi connectivity index (χ4n) is 6.02. The summed E-state index contributed by atoms with van der Waals surface area (Å²) in [6, 6.07) is 19.5. The van der Waals surface area contributed by atoms with E-state index in [0.29, 0.717) is 37.7 Å². The Hall–Kier alpha value is -4.05. The van der Waals surface area contributed by atoms with Crippen LogP contribution in [0, 0.1) is 5.92 Å². The fraction of sp³-hybridized carbons (Fsp3) is 0.400. The molecule has 2 unspecified atom stereocenters. The molecule has 1 saturated carbocycles. The van der Waals surface area contributed by atoms with Crippen molar-refractivity contribution in [1.82, 2.24) is 20.9 Å². The topological polar surface area (TPSA) is 181 Å². The van der Waals surface area contributed by atoms with Crippen LogP contribution in [0.3, 0.4) is 0 Å². The van der Waals surface area contributed by atoms with Crippen molar-refractivity contribution in [3.8, 4) is 0 Å². The lowest BCUT2D eigenvalue weighted by Crippen LogP contribution is -2.56. The maximum atomic E-state index is 13.9. The summed E-state index contributed by atoms with van der Waals surface area (Å²) in [4.78, 5) is 67.8. The lowest BCUT2D eigenvalue weighted by Gasteiger charge is -2.31. The summed E-state index contributed by atoms with van der Waals surface area (Å²) in [6.07, 6.45) is 6.20. The average molecular weight is 696 g/mol. The standard InChI is InChI=1S/C35H43ClN5O6P/c36-32-27(19-11-21-38-32)34(44)41-30(22-25-14-6-2-7-15-25)48(46,47)23-29(42)40-31(26-17-8-3-9-18-26)35(45)39-28(33(37)43)20-10-16-24-12-4-1-5-13-24/h1-2,4-7,11-15,19,21,26,28,30-31H,3,8-10,16-18,20,22-23H2,(H2,37,43)(H,39,45)(H,40,42)(H,41,44)(H,46,47)/t28-,30?,31+/m1/s1. The number of pyridine rings is 1. The van der Waals surface area contributed by atoms with Crippen LogP contribution in [-0.4, -0.2) is 57.5 Å². The van der Waals surface area contributed by atoms with Gasteiger partial charge in [0.25, 0.3) is 5.91 Å². The van der Waals surface area contributed by atoms with E-state index in [1.807, 2.05) is 30.3 Å². The Bertz CT molecular complexity index is 1590. The number of hydrogen-bond acceptors (Lipinski definition) is 6. The zero-order valence-corrected chi connectivity index (χ0v) is 28.4. The van der Waals surface area contributed by atoms with Gasteiger partial charge in [0.05, 0.1) is 5.56 Å². The van der Waals surface area contributed by atoms with Crippen LogP contribution < -0.4 is 21.7 Å². The van der Waals surface area contributed by atoms with Crippen LogP contribution in [0.5, 0.6) is 0 Å². The molecule has 256 valence electrons. The molecule has 4 rings (SSSR count). The molecule has 4 amide bonds. The van der Waals surface area contributed by atoms with Crippen molar-refractivity contribution >= 4 is 42.6 Å². The molecule has 0 radical (unpaired) electrons. The molecule has 6 N–H and O–H groups in total. The lowest BCUT2D eigenvalue weighted by atomic mass is 9.83. The van der Waals surface area contributed by atoms with Gasteiger partial charge in [-0.1, -0.05) is 91.5 Å². The number of primary amides is 1. The van der Waals surface area contributed by atoms with Gasteiger partial charge in [0.15, 0.2) is 0 Å². The predicted molar refractivity (Wildman–Crippen MR) is 184 cm³/mol. The van der Waals surface area contributed by atoms with E-state index < -0.39 is 55.0 Å². The number of halogens is 1. The molecule has 1 aliphatic carbocycles. The van der Waals surface area contributed by atoms with Gasteiger partial charge in [-0.3, -0.25) is 23.7 Å². The number of hydrogen-bond donors (Lipinski definition) is 5. The van der Waals surface area contributed by atoms with Crippen molar-refractivity contribution in [2.24, 2.45) is 11.7 Å². The van der Waals surface area contributed by atoms with Crippen molar-refractivity contribution in [2.75, 3.05) is 6.16 Å². The molecule has 48 heavy (non-hydrogen) atoms. The summed E-state index contributed by atoms with van der Waals surface area (Å²) in [5.74, 6) is -4.36. The molecule has 4 atom stereocenters. The number of rotatable bonds is 16. The van der Waals surface area contributed by atoms with Gasteiger partial charge in [0.2, 0.25) is 25.1 Å². The number of nitrogens with one attached hydrogen (secondary N) is 3. The maximum absolute atomic E-state index is 13.9. The molecular weight excluding hydrogens is 653 g/mol. The number of aryl methyl sites for hydroxylation is 1. The molecule has 1 aliphatic rings. The molecule has 1 fully saturated rings. The Balaban J connectivity index is 1.47. The van der Waals surface area contributed by atoms with Gasteiger partial charge in [-0.15, -0.1) is 0 Å². The molecule has 11 nitrogen and oxygen atoms in total. The van der Waals surface area contributed by atoms with Gasteiger partial charge in [0.1, 0.15) is 29.2 Å². The first kappa shape index (κ1) is 36.8. The molecule has 0 saturated heterocycles. The Kier molecular flexibility index (Phi) is 13.7. The highest BCUT2D eigenvalue weighted by Gasteiger charge is 2.38. The van der Waals surface area contributed by atoms with Gasteiger partial charge in [-0.25, -0.2) is 4.98 Å². The lowest BCUT2D eigenvalue weighted by molar-refractivity contribution is -0.132. The molecule has 0 aliphatic heterocycles. The second kappa shape index (κ2) is 17.9. The molecule has 13 heteroatoms. The van der Waals surface area contributed by atoms with Crippen molar-refractivity contribution in [3.63, 3.8) is 0 Å². The summed E-state index contributed by atoms with van der Waals surface area (Å²) in [7, 11) is -4.44. The van der Waals surface area contributed by atoms with Gasteiger partial charge >= 0.3 is 0 Å². The third kappa shape index (κ3) is 11.0. The van der Waals surface area contributed by atoms with E-state index in [1.165, 1.54) is 18.3 Å². The van der Waals surface area contributed by atoms with Gasteiger partial charge in [0, 0.05) is 12.6 Å². The first-order valence-corrected chi connectivity index (χ1v) is 18.5. The van der Waals surface area contributed by atoms with E-state index in [9.17, 15) is 28.6 Å². The molecule has 0 spiro atoms. The van der Waals surface area contributed by atoms with Crippen LogP contribution in [0.2, 0.25) is 5.15 Å². The van der Waals surface area contributed by atoms with Crippen LogP contribution >= 0.6 is 19.0 Å². The van der Waals surface area contributed by atoms with Crippen LogP contribution in [0.15, 0.2) is 79.0 Å². The van der Waals surface area contributed by atoms with Crippen LogP contribution in [0.4, 0.5) is 0 Å². The SMILES string of the molecule is NC(=O)[C@@H](CCCc1ccccc1)NC(=O)[C@@H](NC(=O)CP(=O)(O)C(Cc1ccccc1)NC(=O)c1cccnc1Cl)C1CCCCC1. The van der Waals surface area contributed by atoms with Crippen molar-refractivity contribution in [3.05, 3.63) is 101 Å². The first-order chi connectivity index (χ1) is 23.0. The minimum Gasteiger partial charge on any atom is -0.368 e. The second-order valence-electron chi connectivity index (χ2n) is 12.2. The first-order valence-electron chi connectivity index (χ1n) is 16.2. The highest BCUT2D eigenvalue weighted by atomic mass is 35.5. The number of nitrogens with two attached hydrogens (primary N) is 1. The van der Waals surface area contributed by atoms with Gasteiger partial charge < -0.3 is 26.6 Å². The number of amides is 4. The molecule has 1 aromatic heterocycles. The summed E-state index contributed by atoms with van der Waals surface area (Å²) in [5, 5.41) is 7.96. The monoisotopic (exact) mass is 695 g/mol. The van der Waals surface area contributed by atoms with Crippen LogP contribution in [-0.2, 0) is 31.8 Å². The zero-order chi connectivity index (χ0) is 34.5. The smallest absolute Gasteiger partial charge is 0.255 e. The van der Waals surface area contributed by atoms with E-state index >= 15 is 0 Å². The highest BCUT2D eigenvalue weighted by Crippen LogP contribution is 2.46. The van der Waals surface area contributed by atoms with Crippen molar-refractivity contribution < 1.29 is 28.6 Å². The number of nitrogens with zero attached hydrogens (tertiary/aromatic N) is 1. The Labute approximate surface area is 285 Å². The predicted octanol–water partition coefficient (Wildman–Crippen LogP) is 4.36. The number of carbonyl (C=O) groups excluding carboxylic acids is 4. The number of aromatic nitrogens is 1. The second-order valence-corrected chi connectivity index (χ2v) is 15.0. The van der Waals surface area contributed by atoms with Crippen LogP contribution in [0.25, 0.3) is 0 Å². The van der Waals surface area contributed by atoms with E-state index in [-0.39, 0.29) is 23.1 Å². The van der Waals surface area contributed by atoms with Crippen molar-refractivity contribution in [1.29, 1.82) is 0 Å². The molecule has 3 aromatic rings. The normalized spacial score (nSPS) is 16.5. The number of carbonyl (C=O) groups is 4. The largest absolute Gasteiger partial charge is 0.368 e. The Morgan fingerprint density at radius 3 is 2.17 bits per heavy atom. The molecule has 0 bridgehead atoms. The van der Waals surface area contributed by atoms with Gasteiger partial charge in [-0.2, -0.15) is 0 Å². The summed E-state index contributed by atoms with van der Waals surface area (Å²) < 4.78 is 13.9. The third-order valence-electron chi connectivity index (χ3n) is 8.61. The summed E-state index contributed by atoms with van der Waals surface area (Å²) in [5.41, 5.74) is 7.44. The third-order valence-corrected chi connectivity index (χ3v) is 10.9. The molecule has 2 aromatic carbocycles. The summed E-state index contributed by atoms with van der Waals surface area (Å²) in [6.45, 7) is 0. The van der Waals surface area contributed by atoms with Crippen LogP contribution in [0.1, 0.15) is 66.4 Å². The van der Waals surface area contributed by atoms with Crippen molar-refractivity contribution in [2.45, 2.75) is 75.7 Å². The zero-order valence-electron chi connectivity index (χ0n) is 26.7. The summed E-state index contributed by atoms with van der Waals surface area (Å²) >= 11 is 6.10. The van der Waals surface area contributed by atoms with Gasteiger partial charge in [-0.05, 0) is 61.3 Å². The van der Waals surface area contributed by atoms with E-state index in [1.54, 1.807) is 30.3 Å². The van der Waals surface area contributed by atoms with E-state index in [4.69, 9.17) is 17.3 Å². The Morgan fingerprint density at radius 2 is 1.54 bits per heavy atom. The quantitative estimate of drug-likeness (QED) is 0.109. The average Bonchev–Trinajstić information content (AvgIpc) is 3.07. The minimum absolute atomic E-state index is 0.0171. The van der Waals surface area contributed by atoms with E-state index in [2.05, 4.69) is 20.9 Å². The fourth-order valence-corrected chi connectivity index (χ4v) is 7.76. The molecular formula is C35H43ClN5O6P. The number of benzene rings is 2. The van der Waals surface area contributed by atoms with E-state index in [0.717, 1.165) is 24.8 Å². The highest BCUT2D eigenvalue weighted by molar-refractivity contribution is 7.59. The minimum atomic E-state index is -4.44.